The Balaban J connectivity index is 1.61. The number of amides is 1. The number of aryl methyl sites for hydroxylation is 1. The summed E-state index contributed by atoms with van der Waals surface area (Å²) in [5.41, 5.74) is 3.40. The summed E-state index contributed by atoms with van der Waals surface area (Å²) in [5, 5.41) is 5.93. The number of pyridine rings is 1. The number of hydrogen-bond donors (Lipinski definition) is 2. The summed E-state index contributed by atoms with van der Waals surface area (Å²) in [6.07, 6.45) is 6.38. The molecule has 0 saturated heterocycles. The molecule has 126 valence electrons. The highest BCUT2D eigenvalue weighted by molar-refractivity contribution is 9.10. The lowest BCUT2D eigenvalue weighted by Crippen LogP contribution is -2.23. The minimum Gasteiger partial charge on any atom is -0.348 e. The van der Waals surface area contributed by atoms with Crippen LogP contribution in [-0.2, 0) is 6.54 Å². The number of aromatic nitrogens is 3. The van der Waals surface area contributed by atoms with Crippen LogP contribution < -0.4 is 10.6 Å². The Hall–Kier alpha value is -2.80. The maximum atomic E-state index is 12.1. The molecular weight excluding hydrogens is 382 g/mol. The van der Waals surface area contributed by atoms with Crippen molar-refractivity contribution in [1.29, 1.82) is 0 Å². The fraction of sp³-hybridized carbons (Fsp3) is 0.111. The molecule has 0 spiro atoms. The Morgan fingerprint density at radius 1 is 1.12 bits per heavy atom. The van der Waals surface area contributed by atoms with E-state index in [0.717, 1.165) is 21.3 Å². The summed E-state index contributed by atoms with van der Waals surface area (Å²) in [6.45, 7) is 2.45. The Labute approximate surface area is 153 Å². The minimum absolute atomic E-state index is 0.221. The second-order valence-corrected chi connectivity index (χ2v) is 6.28. The van der Waals surface area contributed by atoms with E-state index in [9.17, 15) is 4.79 Å². The molecule has 0 aliphatic rings. The van der Waals surface area contributed by atoms with Gasteiger partial charge in [0.2, 0.25) is 5.95 Å². The van der Waals surface area contributed by atoms with Crippen LogP contribution in [-0.4, -0.2) is 20.9 Å². The average Bonchev–Trinajstić information content (AvgIpc) is 2.64. The highest BCUT2D eigenvalue weighted by atomic mass is 79.9. The zero-order chi connectivity index (χ0) is 17.6. The fourth-order valence-electron chi connectivity index (χ4n) is 2.09. The van der Waals surface area contributed by atoms with Gasteiger partial charge in [-0.2, -0.15) is 0 Å². The van der Waals surface area contributed by atoms with Crippen molar-refractivity contribution in [1.82, 2.24) is 20.3 Å². The number of nitrogens with zero attached hydrogens (tertiary/aromatic N) is 3. The predicted molar refractivity (Wildman–Crippen MR) is 99.6 cm³/mol. The van der Waals surface area contributed by atoms with E-state index >= 15 is 0 Å². The highest BCUT2D eigenvalue weighted by Crippen LogP contribution is 2.22. The molecule has 1 amide bonds. The number of carbonyl (C=O) groups excluding carboxylic acids is 1. The number of benzene rings is 1. The van der Waals surface area contributed by atoms with E-state index in [4.69, 9.17) is 0 Å². The molecule has 0 aliphatic heterocycles. The molecule has 2 N–H and O–H groups in total. The van der Waals surface area contributed by atoms with Gasteiger partial charge in [-0.3, -0.25) is 9.78 Å². The molecule has 2 aromatic heterocycles. The van der Waals surface area contributed by atoms with Gasteiger partial charge in [0.25, 0.3) is 5.91 Å². The third-order valence-corrected chi connectivity index (χ3v) is 4.40. The molecule has 6 nitrogen and oxygen atoms in total. The first-order chi connectivity index (χ1) is 12.1. The van der Waals surface area contributed by atoms with Gasteiger partial charge in [0.05, 0.1) is 5.56 Å². The molecule has 0 saturated carbocycles. The topological polar surface area (TPSA) is 79.8 Å². The van der Waals surface area contributed by atoms with E-state index in [1.54, 1.807) is 12.4 Å². The van der Waals surface area contributed by atoms with Gasteiger partial charge >= 0.3 is 0 Å². The van der Waals surface area contributed by atoms with Gasteiger partial charge in [0.1, 0.15) is 0 Å². The maximum Gasteiger partial charge on any atom is 0.254 e. The Morgan fingerprint density at radius 3 is 2.52 bits per heavy atom. The first-order valence-electron chi connectivity index (χ1n) is 7.64. The van der Waals surface area contributed by atoms with Gasteiger partial charge in [0, 0.05) is 41.5 Å². The molecule has 0 fully saturated rings. The van der Waals surface area contributed by atoms with Gasteiger partial charge in [-0.25, -0.2) is 9.97 Å². The lowest BCUT2D eigenvalue weighted by atomic mass is 10.2. The molecular formula is C18H16BrN5O. The second-order valence-electron chi connectivity index (χ2n) is 5.42. The van der Waals surface area contributed by atoms with Crippen LogP contribution in [0, 0.1) is 6.92 Å². The Kier molecular flexibility index (Phi) is 5.35. The van der Waals surface area contributed by atoms with Crippen molar-refractivity contribution in [3.05, 3.63) is 76.3 Å². The van der Waals surface area contributed by atoms with Crippen molar-refractivity contribution >= 4 is 33.5 Å². The molecule has 1 aromatic carbocycles. The zero-order valence-corrected chi connectivity index (χ0v) is 15.1. The monoisotopic (exact) mass is 397 g/mol. The van der Waals surface area contributed by atoms with Crippen LogP contribution >= 0.6 is 15.9 Å². The van der Waals surface area contributed by atoms with Crippen molar-refractivity contribution in [2.45, 2.75) is 13.5 Å². The quantitative estimate of drug-likeness (QED) is 0.687. The van der Waals surface area contributed by atoms with E-state index in [1.807, 2.05) is 37.3 Å². The van der Waals surface area contributed by atoms with Crippen LogP contribution in [0.5, 0.6) is 0 Å². The predicted octanol–water partition coefficient (Wildman–Crippen LogP) is 3.62. The van der Waals surface area contributed by atoms with Crippen LogP contribution in [0.2, 0.25) is 0 Å². The molecule has 0 bridgehead atoms. The highest BCUT2D eigenvalue weighted by Gasteiger charge is 2.07. The van der Waals surface area contributed by atoms with Gasteiger partial charge in [-0.05, 0) is 42.3 Å². The van der Waals surface area contributed by atoms with Gasteiger partial charge < -0.3 is 10.6 Å². The number of halogens is 1. The largest absolute Gasteiger partial charge is 0.348 e. The third kappa shape index (κ3) is 4.60. The van der Waals surface area contributed by atoms with Crippen molar-refractivity contribution < 1.29 is 4.79 Å². The van der Waals surface area contributed by atoms with Crippen molar-refractivity contribution in [3.63, 3.8) is 0 Å². The van der Waals surface area contributed by atoms with E-state index in [0.29, 0.717) is 18.1 Å². The van der Waals surface area contributed by atoms with E-state index in [1.165, 1.54) is 12.4 Å². The van der Waals surface area contributed by atoms with Crippen molar-refractivity contribution in [2.24, 2.45) is 0 Å². The summed E-state index contributed by atoms with van der Waals surface area (Å²) in [6, 6.07) is 9.59. The molecule has 3 rings (SSSR count). The SMILES string of the molecule is Cc1ccc(Nc2ncc(C(=O)NCc3ccncc3)cn2)cc1Br. The molecule has 3 aromatic rings. The Bertz CT molecular complexity index is 868. The number of hydrogen-bond acceptors (Lipinski definition) is 5. The zero-order valence-electron chi connectivity index (χ0n) is 13.5. The molecule has 7 heteroatoms. The molecule has 0 unspecified atom stereocenters. The number of anilines is 2. The normalized spacial score (nSPS) is 10.3. The lowest BCUT2D eigenvalue weighted by Gasteiger charge is -2.08. The smallest absolute Gasteiger partial charge is 0.254 e. The maximum absolute atomic E-state index is 12.1. The van der Waals surface area contributed by atoms with E-state index in [-0.39, 0.29) is 5.91 Å². The molecule has 2 heterocycles. The molecule has 0 aliphatic carbocycles. The van der Waals surface area contributed by atoms with E-state index < -0.39 is 0 Å². The van der Waals surface area contributed by atoms with Gasteiger partial charge in [-0.15, -0.1) is 0 Å². The van der Waals surface area contributed by atoms with Crippen LogP contribution in [0.1, 0.15) is 21.5 Å². The standard InChI is InChI=1S/C18H16BrN5O/c1-12-2-3-15(8-16(12)19)24-18-22-10-14(11-23-18)17(25)21-9-13-4-6-20-7-5-13/h2-8,10-11H,9H2,1H3,(H,21,25)(H,22,23,24). The number of nitrogens with one attached hydrogen (secondary N) is 2. The molecule has 0 radical (unpaired) electrons. The van der Waals surface area contributed by atoms with Gasteiger partial charge in [0.15, 0.2) is 0 Å². The number of carbonyl (C=O) groups is 1. The summed E-state index contributed by atoms with van der Waals surface area (Å²) in [5.74, 6) is 0.211. The molecule has 0 atom stereocenters. The lowest BCUT2D eigenvalue weighted by molar-refractivity contribution is 0.0950. The van der Waals surface area contributed by atoms with E-state index in [2.05, 4.69) is 41.5 Å². The summed E-state index contributed by atoms with van der Waals surface area (Å²) in [4.78, 5) is 24.5. The summed E-state index contributed by atoms with van der Waals surface area (Å²) in [7, 11) is 0. The minimum atomic E-state index is -0.221. The second kappa shape index (κ2) is 7.85. The first kappa shape index (κ1) is 17.0. The van der Waals surface area contributed by atoms with Crippen molar-refractivity contribution in [3.8, 4) is 0 Å². The fourth-order valence-corrected chi connectivity index (χ4v) is 2.47. The van der Waals surface area contributed by atoms with Crippen LogP contribution in [0.4, 0.5) is 11.6 Å². The average molecular weight is 398 g/mol. The van der Waals surface area contributed by atoms with Crippen LogP contribution in [0.15, 0.2) is 59.6 Å². The molecule has 25 heavy (non-hydrogen) atoms. The van der Waals surface area contributed by atoms with Gasteiger partial charge in [-0.1, -0.05) is 22.0 Å². The summed E-state index contributed by atoms with van der Waals surface area (Å²) >= 11 is 3.49. The van der Waals surface area contributed by atoms with Crippen molar-refractivity contribution in [2.75, 3.05) is 5.32 Å². The Morgan fingerprint density at radius 2 is 1.84 bits per heavy atom. The summed E-state index contributed by atoms with van der Waals surface area (Å²) < 4.78 is 1.00. The third-order valence-electron chi connectivity index (χ3n) is 3.54. The van der Waals surface area contributed by atoms with Crippen LogP contribution in [0.3, 0.4) is 0 Å². The van der Waals surface area contributed by atoms with Crippen LogP contribution in [0.25, 0.3) is 0 Å². The first-order valence-corrected chi connectivity index (χ1v) is 8.43. The number of rotatable bonds is 5.